The molecule has 7 nitrogen and oxygen atoms in total. The number of ether oxygens (including phenoxy) is 2. The van der Waals surface area contributed by atoms with Crippen LogP contribution >= 0.6 is 0 Å². The van der Waals surface area contributed by atoms with Crippen LogP contribution in [0.2, 0.25) is 0 Å². The van der Waals surface area contributed by atoms with E-state index in [1.807, 2.05) is 43.3 Å². The molecule has 0 saturated heterocycles. The van der Waals surface area contributed by atoms with Crippen LogP contribution in [0.5, 0.6) is 17.2 Å². The number of fused-ring (bicyclic) bond motifs is 6. The van der Waals surface area contributed by atoms with Crippen molar-refractivity contribution in [3.05, 3.63) is 154 Å². The molecule has 2 aliphatic heterocycles. The van der Waals surface area contributed by atoms with E-state index in [2.05, 4.69) is 34.9 Å². The van der Waals surface area contributed by atoms with Gasteiger partial charge in [0, 0.05) is 34.9 Å². The molecule has 2 aliphatic rings. The molecule has 0 saturated carbocycles. The lowest BCUT2D eigenvalue weighted by Gasteiger charge is -2.37. The molecule has 0 radical (unpaired) electrons. The number of anilines is 1. The van der Waals surface area contributed by atoms with Crippen LogP contribution in [0.4, 0.5) is 5.69 Å². The fourth-order valence-corrected chi connectivity index (χ4v) is 6.08. The molecule has 2 amide bonds. The smallest absolute Gasteiger partial charge is 0.251 e. The van der Waals surface area contributed by atoms with Crippen LogP contribution in [-0.2, 0) is 28.2 Å². The fourth-order valence-electron chi connectivity index (χ4n) is 6.08. The monoisotopic (exact) mass is 582 g/mol. The zero-order valence-electron chi connectivity index (χ0n) is 24.0. The van der Waals surface area contributed by atoms with Gasteiger partial charge in [0.1, 0.15) is 23.3 Å². The lowest BCUT2D eigenvalue weighted by molar-refractivity contribution is -0.118. The second kappa shape index (κ2) is 11.0. The minimum absolute atomic E-state index is 0.125. The first-order valence-electron chi connectivity index (χ1n) is 14.5. The number of benzene rings is 5. The topological polar surface area (TPSA) is 96.9 Å². The lowest BCUT2D eigenvalue weighted by atomic mass is 9.77. The van der Waals surface area contributed by atoms with Crippen molar-refractivity contribution >= 4 is 17.5 Å². The summed E-state index contributed by atoms with van der Waals surface area (Å²) in [5, 5.41) is 15.6. The number of phenolic OH excluding ortho intramolecular Hbond substituents is 1. The SMILES string of the molecule is Cc1ccc2c(c1)Oc1cc(NC(=O)[C@H](Cc3ccc(O)cc3)NC(=O)c3ccccc3)ccc1C21OCc2ccccc21. The molecule has 5 aromatic carbocycles. The zero-order valence-corrected chi connectivity index (χ0v) is 24.0. The molecule has 0 aliphatic carbocycles. The van der Waals surface area contributed by atoms with E-state index in [0.29, 0.717) is 29.4 Å². The first-order chi connectivity index (χ1) is 21.4. The maximum atomic E-state index is 13.7. The number of rotatable bonds is 6. The van der Waals surface area contributed by atoms with Gasteiger partial charge in [-0.1, -0.05) is 66.7 Å². The van der Waals surface area contributed by atoms with Crippen LogP contribution in [0.25, 0.3) is 0 Å². The fraction of sp³-hybridized carbons (Fsp3) is 0.135. The third kappa shape index (κ3) is 4.87. The molecule has 7 heteroatoms. The number of phenols is 1. The van der Waals surface area contributed by atoms with Gasteiger partial charge in [-0.25, -0.2) is 0 Å². The van der Waals surface area contributed by atoms with E-state index >= 15 is 0 Å². The number of aromatic hydroxyl groups is 1. The highest BCUT2D eigenvalue weighted by molar-refractivity contribution is 6.01. The molecule has 1 spiro atoms. The van der Waals surface area contributed by atoms with Gasteiger partial charge in [0.2, 0.25) is 5.91 Å². The Morgan fingerprint density at radius 1 is 0.818 bits per heavy atom. The average molecular weight is 583 g/mol. The Morgan fingerprint density at radius 2 is 1.52 bits per heavy atom. The van der Waals surface area contributed by atoms with E-state index in [0.717, 1.165) is 33.4 Å². The first-order valence-corrected chi connectivity index (χ1v) is 14.5. The third-order valence-electron chi connectivity index (χ3n) is 8.24. The predicted molar refractivity (Wildman–Crippen MR) is 167 cm³/mol. The number of nitrogens with one attached hydrogen (secondary N) is 2. The van der Waals surface area contributed by atoms with Crippen molar-refractivity contribution < 1.29 is 24.2 Å². The second-order valence-electron chi connectivity index (χ2n) is 11.2. The lowest BCUT2D eigenvalue weighted by Crippen LogP contribution is -2.45. The summed E-state index contributed by atoms with van der Waals surface area (Å²) in [6, 6.07) is 34.4. The van der Waals surface area contributed by atoms with Crippen molar-refractivity contribution in [3.8, 4) is 17.2 Å². The molecule has 7 rings (SSSR count). The maximum Gasteiger partial charge on any atom is 0.251 e. The number of hydrogen-bond acceptors (Lipinski definition) is 5. The number of carbonyl (C=O) groups is 2. The van der Waals surface area contributed by atoms with Gasteiger partial charge in [-0.05, 0) is 71.6 Å². The van der Waals surface area contributed by atoms with Crippen LogP contribution < -0.4 is 15.4 Å². The Balaban J connectivity index is 1.21. The molecular weight excluding hydrogens is 552 g/mol. The Labute approximate surface area is 255 Å². The van der Waals surface area contributed by atoms with Gasteiger partial charge in [-0.15, -0.1) is 0 Å². The molecular formula is C37H30N2O5. The van der Waals surface area contributed by atoms with Gasteiger partial charge in [-0.3, -0.25) is 9.59 Å². The van der Waals surface area contributed by atoms with Gasteiger partial charge in [0.25, 0.3) is 5.91 Å². The first kappa shape index (κ1) is 27.4. The van der Waals surface area contributed by atoms with E-state index < -0.39 is 11.6 Å². The summed E-state index contributed by atoms with van der Waals surface area (Å²) in [4.78, 5) is 26.8. The van der Waals surface area contributed by atoms with Crippen LogP contribution in [0.1, 0.15) is 43.7 Å². The normalized spacial score (nSPS) is 16.7. The van der Waals surface area contributed by atoms with Gasteiger partial charge in [-0.2, -0.15) is 0 Å². The highest BCUT2D eigenvalue weighted by Gasteiger charge is 2.49. The minimum atomic E-state index is -0.885. The van der Waals surface area contributed by atoms with Crippen molar-refractivity contribution in [2.75, 3.05) is 5.32 Å². The summed E-state index contributed by atoms with van der Waals surface area (Å²) < 4.78 is 13.1. The van der Waals surface area contributed by atoms with Crippen molar-refractivity contribution in [3.63, 3.8) is 0 Å². The van der Waals surface area contributed by atoms with E-state index in [-0.39, 0.29) is 24.0 Å². The molecule has 218 valence electrons. The van der Waals surface area contributed by atoms with E-state index in [1.165, 1.54) is 0 Å². The standard InChI is InChI=1S/C37H30N2O5/c1-23-11-17-30-33(19-23)44-34-21-27(14-18-31(34)37(30)29-10-6-5-9-26(29)22-43-37)38-36(42)32(20-24-12-15-28(40)16-13-24)39-35(41)25-7-3-2-4-8-25/h2-19,21,32,40H,20,22H2,1H3,(H,38,42)(H,39,41)/t32-,37?/m0/s1. The molecule has 44 heavy (non-hydrogen) atoms. The van der Waals surface area contributed by atoms with Crippen LogP contribution in [-0.4, -0.2) is 23.0 Å². The summed E-state index contributed by atoms with van der Waals surface area (Å²) in [6.45, 7) is 2.49. The van der Waals surface area contributed by atoms with Gasteiger partial charge in [0.15, 0.2) is 5.60 Å². The molecule has 3 N–H and O–H groups in total. The molecule has 0 bridgehead atoms. The molecule has 0 fully saturated rings. The summed E-state index contributed by atoms with van der Waals surface area (Å²) in [7, 11) is 0. The van der Waals surface area contributed by atoms with Crippen molar-refractivity contribution in [1.82, 2.24) is 5.32 Å². The maximum absolute atomic E-state index is 13.7. The van der Waals surface area contributed by atoms with E-state index in [4.69, 9.17) is 9.47 Å². The number of amides is 2. The van der Waals surface area contributed by atoms with E-state index in [1.54, 1.807) is 54.6 Å². The highest BCUT2D eigenvalue weighted by atomic mass is 16.5. The van der Waals surface area contributed by atoms with Gasteiger partial charge in [0.05, 0.1) is 6.61 Å². The summed E-state index contributed by atoms with van der Waals surface area (Å²) in [5.74, 6) is 0.676. The number of hydrogen-bond donors (Lipinski definition) is 3. The molecule has 2 atom stereocenters. The quantitative estimate of drug-likeness (QED) is 0.209. The highest BCUT2D eigenvalue weighted by Crippen LogP contribution is 2.56. The Bertz CT molecular complexity index is 1890. The Hall–Kier alpha value is -5.40. The molecule has 0 aromatic heterocycles. The molecule has 1 unspecified atom stereocenters. The molecule has 5 aromatic rings. The van der Waals surface area contributed by atoms with Crippen LogP contribution in [0.3, 0.4) is 0 Å². The van der Waals surface area contributed by atoms with Gasteiger partial charge >= 0.3 is 0 Å². The predicted octanol–water partition coefficient (Wildman–Crippen LogP) is 6.61. The zero-order chi connectivity index (χ0) is 30.3. The number of carbonyl (C=O) groups excluding carboxylic acids is 2. The Morgan fingerprint density at radius 3 is 2.32 bits per heavy atom. The minimum Gasteiger partial charge on any atom is -0.508 e. The van der Waals surface area contributed by atoms with Crippen molar-refractivity contribution in [2.45, 2.75) is 31.6 Å². The average Bonchev–Trinajstić information content (AvgIpc) is 3.41. The number of aryl methyl sites for hydroxylation is 1. The van der Waals surface area contributed by atoms with Crippen molar-refractivity contribution in [2.24, 2.45) is 0 Å². The Kier molecular flexibility index (Phi) is 6.87. The summed E-state index contributed by atoms with van der Waals surface area (Å²) in [5.41, 5.74) is 5.98. The molecule has 2 heterocycles. The van der Waals surface area contributed by atoms with Crippen molar-refractivity contribution in [1.29, 1.82) is 0 Å². The van der Waals surface area contributed by atoms with Crippen LogP contribution in [0.15, 0.2) is 115 Å². The van der Waals surface area contributed by atoms with E-state index in [9.17, 15) is 14.7 Å². The second-order valence-corrected chi connectivity index (χ2v) is 11.2. The van der Waals surface area contributed by atoms with Crippen LogP contribution in [0, 0.1) is 6.92 Å². The largest absolute Gasteiger partial charge is 0.508 e. The summed E-state index contributed by atoms with van der Waals surface area (Å²) in [6.07, 6.45) is 0.229. The summed E-state index contributed by atoms with van der Waals surface area (Å²) >= 11 is 0. The van der Waals surface area contributed by atoms with Gasteiger partial charge < -0.3 is 25.2 Å². The third-order valence-corrected chi connectivity index (χ3v) is 8.24.